The standard InChI is InChI=1S/C5H7N2O/c1-8-5-6-3-2-4-7-5/h2-4H,1H3,(H,6,7). The molecule has 8 heavy (non-hydrogen) atoms. The highest BCUT2D eigenvalue weighted by atomic mass is 16.5. The molecule has 3 heteroatoms. The van der Waals surface area contributed by atoms with Gasteiger partial charge in [0.15, 0.2) is 0 Å². The van der Waals surface area contributed by atoms with Crippen molar-refractivity contribution in [2.45, 2.75) is 0 Å². The SMILES string of the molecule is COC1=NC=C[CH]N1. The van der Waals surface area contributed by atoms with Crippen LogP contribution in [0, 0.1) is 6.54 Å². The first-order valence-electron chi connectivity index (χ1n) is 2.30. The Morgan fingerprint density at radius 1 is 1.75 bits per heavy atom. The Balaban J connectivity index is 2.50. The van der Waals surface area contributed by atoms with E-state index < -0.39 is 0 Å². The third kappa shape index (κ3) is 0.992. The van der Waals surface area contributed by atoms with Crippen molar-refractivity contribution in [1.29, 1.82) is 0 Å². The second-order valence-corrected chi connectivity index (χ2v) is 1.29. The maximum Gasteiger partial charge on any atom is 0.289 e. The second kappa shape index (κ2) is 2.35. The fraction of sp³-hybridized carbons (Fsp3) is 0.200. The molecular weight excluding hydrogens is 104 g/mol. The van der Waals surface area contributed by atoms with Gasteiger partial charge in [0.1, 0.15) is 0 Å². The minimum absolute atomic E-state index is 0.535. The summed E-state index contributed by atoms with van der Waals surface area (Å²) in [7, 11) is 1.57. The summed E-state index contributed by atoms with van der Waals surface area (Å²) in [4.78, 5) is 3.82. The topological polar surface area (TPSA) is 33.6 Å². The Kier molecular flexibility index (Phi) is 1.51. The third-order valence-electron chi connectivity index (χ3n) is 0.774. The molecule has 43 valence electrons. The van der Waals surface area contributed by atoms with E-state index in [0.717, 1.165) is 0 Å². The van der Waals surface area contributed by atoms with Crippen molar-refractivity contribution in [2.24, 2.45) is 4.99 Å². The Bertz CT molecular complexity index is 128. The van der Waals surface area contributed by atoms with Crippen molar-refractivity contribution in [3.05, 3.63) is 18.8 Å². The molecule has 0 aromatic carbocycles. The summed E-state index contributed by atoms with van der Waals surface area (Å²) in [5.74, 6) is 0. The molecule has 1 radical (unpaired) electrons. The van der Waals surface area contributed by atoms with E-state index >= 15 is 0 Å². The van der Waals surface area contributed by atoms with Gasteiger partial charge in [-0.1, -0.05) is 0 Å². The Labute approximate surface area is 48.1 Å². The minimum Gasteiger partial charge on any atom is -0.468 e. The molecule has 0 amide bonds. The van der Waals surface area contributed by atoms with Gasteiger partial charge in [-0.15, -0.1) is 0 Å². The number of ether oxygens (including phenoxy) is 1. The number of nitrogens with one attached hydrogen (secondary N) is 1. The lowest BCUT2D eigenvalue weighted by molar-refractivity contribution is 0.385. The van der Waals surface area contributed by atoms with Crippen molar-refractivity contribution in [3.8, 4) is 0 Å². The summed E-state index contributed by atoms with van der Waals surface area (Å²) in [6, 6.07) is 0.535. The third-order valence-corrected chi connectivity index (χ3v) is 0.774. The molecule has 0 saturated carbocycles. The summed E-state index contributed by atoms with van der Waals surface area (Å²) >= 11 is 0. The van der Waals surface area contributed by atoms with Gasteiger partial charge in [-0.2, -0.15) is 0 Å². The van der Waals surface area contributed by atoms with E-state index in [4.69, 9.17) is 4.74 Å². The molecule has 0 atom stereocenters. The minimum atomic E-state index is 0.535. The molecule has 0 spiro atoms. The van der Waals surface area contributed by atoms with Crippen molar-refractivity contribution in [2.75, 3.05) is 7.11 Å². The monoisotopic (exact) mass is 111 g/mol. The summed E-state index contributed by atoms with van der Waals surface area (Å²) in [6.07, 6.45) is 3.46. The number of hydrogen-bond donors (Lipinski definition) is 1. The van der Waals surface area contributed by atoms with Crippen LogP contribution in [0.4, 0.5) is 0 Å². The van der Waals surface area contributed by atoms with Gasteiger partial charge in [0.05, 0.1) is 13.7 Å². The molecule has 0 unspecified atom stereocenters. The van der Waals surface area contributed by atoms with E-state index in [1.165, 1.54) is 0 Å². The molecule has 1 N–H and O–H groups in total. The lowest BCUT2D eigenvalue weighted by Crippen LogP contribution is -2.22. The fourth-order valence-corrected chi connectivity index (χ4v) is 0.422. The highest BCUT2D eigenvalue weighted by Crippen LogP contribution is 1.88. The first-order valence-corrected chi connectivity index (χ1v) is 2.30. The first kappa shape index (κ1) is 5.15. The van der Waals surface area contributed by atoms with E-state index in [1.54, 1.807) is 25.9 Å². The van der Waals surface area contributed by atoms with Crippen LogP contribution in [0.3, 0.4) is 0 Å². The summed E-state index contributed by atoms with van der Waals surface area (Å²) < 4.78 is 4.75. The Hall–Kier alpha value is -0.990. The van der Waals surface area contributed by atoms with Crippen LogP contribution in [0.5, 0.6) is 0 Å². The van der Waals surface area contributed by atoms with Gasteiger partial charge in [-0.05, 0) is 6.08 Å². The van der Waals surface area contributed by atoms with E-state index in [-0.39, 0.29) is 0 Å². The van der Waals surface area contributed by atoms with Crippen molar-refractivity contribution in [1.82, 2.24) is 5.32 Å². The smallest absolute Gasteiger partial charge is 0.289 e. The zero-order chi connectivity index (χ0) is 5.82. The number of nitrogens with zero attached hydrogens (tertiary/aromatic N) is 1. The molecule has 3 nitrogen and oxygen atoms in total. The van der Waals surface area contributed by atoms with E-state index in [0.29, 0.717) is 6.02 Å². The lowest BCUT2D eigenvalue weighted by atomic mass is 10.5. The predicted octanol–water partition coefficient (Wildman–Crippen LogP) is 0.267. The van der Waals surface area contributed by atoms with E-state index in [1.807, 2.05) is 0 Å². The predicted molar refractivity (Wildman–Crippen MR) is 31.0 cm³/mol. The van der Waals surface area contributed by atoms with Crippen LogP contribution >= 0.6 is 0 Å². The normalized spacial score (nSPS) is 16.9. The second-order valence-electron chi connectivity index (χ2n) is 1.29. The fourth-order valence-electron chi connectivity index (χ4n) is 0.422. The molecule has 0 bridgehead atoms. The molecule has 0 aliphatic carbocycles. The van der Waals surface area contributed by atoms with Gasteiger partial charge in [0, 0.05) is 6.20 Å². The molecule has 0 fully saturated rings. The average Bonchev–Trinajstić information content (AvgIpc) is 1.90. The van der Waals surface area contributed by atoms with Crippen molar-refractivity contribution in [3.63, 3.8) is 0 Å². The van der Waals surface area contributed by atoms with Gasteiger partial charge in [0.25, 0.3) is 6.02 Å². The van der Waals surface area contributed by atoms with Crippen LogP contribution in [0.2, 0.25) is 0 Å². The molecular formula is C5H7N2O. The highest BCUT2D eigenvalue weighted by Gasteiger charge is 1.95. The molecule has 0 aromatic heterocycles. The zero-order valence-electron chi connectivity index (χ0n) is 4.59. The number of amidine groups is 1. The van der Waals surface area contributed by atoms with Crippen molar-refractivity contribution < 1.29 is 4.74 Å². The summed E-state index contributed by atoms with van der Waals surface area (Å²) in [5.41, 5.74) is 0. The van der Waals surface area contributed by atoms with E-state index in [2.05, 4.69) is 10.3 Å². The maximum absolute atomic E-state index is 4.75. The number of methoxy groups -OCH3 is 1. The van der Waals surface area contributed by atoms with Gasteiger partial charge < -0.3 is 10.1 Å². The number of rotatable bonds is 0. The van der Waals surface area contributed by atoms with Gasteiger partial charge in [-0.25, -0.2) is 4.99 Å². The molecule has 1 heterocycles. The maximum atomic E-state index is 4.75. The first-order chi connectivity index (χ1) is 3.93. The number of hydrogen-bond acceptors (Lipinski definition) is 3. The van der Waals surface area contributed by atoms with Crippen molar-refractivity contribution >= 4 is 6.02 Å². The summed E-state index contributed by atoms with van der Waals surface area (Å²) in [5, 5.41) is 2.78. The number of aliphatic imine (C=N–C) groups is 1. The van der Waals surface area contributed by atoms with Gasteiger partial charge in [-0.3, -0.25) is 0 Å². The van der Waals surface area contributed by atoms with Crippen LogP contribution in [-0.4, -0.2) is 13.1 Å². The van der Waals surface area contributed by atoms with Gasteiger partial charge >= 0.3 is 0 Å². The van der Waals surface area contributed by atoms with Crippen LogP contribution in [0.1, 0.15) is 0 Å². The quantitative estimate of drug-likeness (QED) is 0.486. The molecule has 0 saturated heterocycles. The Morgan fingerprint density at radius 2 is 2.62 bits per heavy atom. The van der Waals surface area contributed by atoms with Crippen LogP contribution in [0.25, 0.3) is 0 Å². The van der Waals surface area contributed by atoms with Crippen LogP contribution in [0.15, 0.2) is 17.3 Å². The van der Waals surface area contributed by atoms with Crippen LogP contribution in [-0.2, 0) is 4.74 Å². The molecule has 1 aliphatic rings. The average molecular weight is 111 g/mol. The largest absolute Gasteiger partial charge is 0.468 e. The molecule has 1 aliphatic heterocycles. The van der Waals surface area contributed by atoms with E-state index in [9.17, 15) is 0 Å². The molecule has 1 rings (SSSR count). The van der Waals surface area contributed by atoms with Crippen LogP contribution < -0.4 is 5.32 Å². The summed E-state index contributed by atoms with van der Waals surface area (Å²) in [6.45, 7) is 1.76. The highest BCUT2D eigenvalue weighted by molar-refractivity contribution is 5.75. The molecule has 0 aromatic rings. The van der Waals surface area contributed by atoms with Gasteiger partial charge in [0.2, 0.25) is 0 Å². The lowest BCUT2D eigenvalue weighted by Gasteiger charge is -2.05. The Morgan fingerprint density at radius 3 is 3.00 bits per heavy atom. The zero-order valence-corrected chi connectivity index (χ0v) is 4.59.